The van der Waals surface area contributed by atoms with Crippen LogP contribution in [-0.4, -0.2) is 17.6 Å². The van der Waals surface area contributed by atoms with E-state index in [1.165, 1.54) is 12.1 Å². The first-order chi connectivity index (χ1) is 7.00. The van der Waals surface area contributed by atoms with Crippen LogP contribution in [0.3, 0.4) is 0 Å². The van der Waals surface area contributed by atoms with Gasteiger partial charge in [0.05, 0.1) is 10.7 Å². The molecule has 0 aliphatic heterocycles. The Morgan fingerprint density at radius 1 is 1.53 bits per heavy atom. The lowest BCUT2D eigenvalue weighted by Gasteiger charge is -2.07. The average molecular weight is 236 g/mol. The van der Waals surface area contributed by atoms with Crippen molar-refractivity contribution in [3.63, 3.8) is 0 Å². The van der Waals surface area contributed by atoms with E-state index in [1.807, 2.05) is 0 Å². The summed E-state index contributed by atoms with van der Waals surface area (Å²) in [5.74, 6) is -1.05. The Labute approximate surface area is 89.7 Å². The Balaban J connectivity index is 2.79. The Morgan fingerprint density at radius 2 is 2.20 bits per heavy atom. The average Bonchev–Trinajstić information content (AvgIpc) is 2.15. The van der Waals surface area contributed by atoms with Crippen LogP contribution in [0.15, 0.2) is 18.2 Å². The third-order valence-corrected chi connectivity index (χ3v) is 1.99. The predicted octanol–water partition coefficient (Wildman–Crippen LogP) is 2.77. The predicted molar refractivity (Wildman–Crippen MR) is 52.5 cm³/mol. The molecule has 0 amide bonds. The molecule has 0 aromatic heterocycles. The molecule has 0 bridgehead atoms. The van der Waals surface area contributed by atoms with Gasteiger partial charge in [-0.05, 0) is 12.1 Å². The molecule has 0 spiro atoms. The molecule has 0 aliphatic rings. The number of carboxylic acid groups (broad SMARTS) is 1. The number of nitrogens with one attached hydrogen (secondary N) is 1. The number of anilines is 1. The second-order valence-electron chi connectivity index (χ2n) is 2.79. The number of carboxylic acids is 1. The summed E-state index contributed by atoms with van der Waals surface area (Å²) < 4.78 is 24.4. The van der Waals surface area contributed by atoms with Crippen LogP contribution >= 0.6 is 11.6 Å². The lowest BCUT2D eigenvalue weighted by molar-refractivity contribution is -0.134. The zero-order valence-corrected chi connectivity index (χ0v) is 8.26. The normalized spacial score (nSPS) is 10.4. The molecule has 0 saturated heterocycles. The summed E-state index contributed by atoms with van der Waals surface area (Å²) >= 11 is 5.67. The first kappa shape index (κ1) is 11.7. The fourth-order valence-corrected chi connectivity index (χ4v) is 1.24. The van der Waals surface area contributed by atoms with Crippen LogP contribution in [0.2, 0.25) is 5.02 Å². The third kappa shape index (κ3) is 3.36. The highest BCUT2D eigenvalue weighted by Crippen LogP contribution is 2.27. The van der Waals surface area contributed by atoms with Gasteiger partial charge in [-0.25, -0.2) is 8.78 Å². The molecule has 6 heteroatoms. The summed E-state index contributed by atoms with van der Waals surface area (Å²) in [7, 11) is 0. The van der Waals surface area contributed by atoms with Gasteiger partial charge >= 0.3 is 5.97 Å². The molecule has 0 heterocycles. The van der Waals surface area contributed by atoms with Crippen LogP contribution in [0.4, 0.5) is 14.5 Å². The van der Waals surface area contributed by atoms with Crippen molar-refractivity contribution in [1.29, 1.82) is 0 Å². The summed E-state index contributed by atoms with van der Waals surface area (Å²) in [6.07, 6.45) is -2.59. The number of rotatable bonds is 4. The summed E-state index contributed by atoms with van der Waals surface area (Å²) in [4.78, 5) is 10.2. The monoisotopic (exact) mass is 235 g/mol. The van der Waals surface area contributed by atoms with Gasteiger partial charge < -0.3 is 10.4 Å². The van der Waals surface area contributed by atoms with E-state index in [0.29, 0.717) is 5.69 Å². The van der Waals surface area contributed by atoms with Crippen LogP contribution in [0.1, 0.15) is 12.0 Å². The molecule has 0 aliphatic carbocycles. The maximum absolute atomic E-state index is 12.2. The summed E-state index contributed by atoms with van der Waals surface area (Å²) in [5, 5.41) is 11.0. The number of hydrogen-bond acceptors (Lipinski definition) is 2. The quantitative estimate of drug-likeness (QED) is 0.844. The van der Waals surface area contributed by atoms with Gasteiger partial charge in [-0.3, -0.25) is 4.79 Å². The van der Waals surface area contributed by atoms with Gasteiger partial charge in [-0.2, -0.15) is 0 Å². The Kier molecular flexibility index (Phi) is 3.85. The number of aliphatic carboxylic acids is 1. The molecule has 0 unspecified atom stereocenters. The topological polar surface area (TPSA) is 49.3 Å². The molecule has 3 nitrogen and oxygen atoms in total. The Bertz CT molecular complexity index is 371. The van der Waals surface area contributed by atoms with E-state index in [1.54, 1.807) is 0 Å². The molecule has 1 aromatic rings. The van der Waals surface area contributed by atoms with Crippen molar-refractivity contribution < 1.29 is 18.7 Å². The number of benzene rings is 1. The fraction of sp³-hybridized carbons (Fsp3) is 0.222. The first-order valence-corrected chi connectivity index (χ1v) is 4.41. The number of carbonyl (C=O) groups is 1. The zero-order chi connectivity index (χ0) is 11.4. The van der Waals surface area contributed by atoms with Crippen LogP contribution in [0.25, 0.3) is 0 Å². The molecule has 1 aromatic carbocycles. The molecular weight excluding hydrogens is 228 g/mol. The highest BCUT2D eigenvalue weighted by atomic mass is 35.5. The molecular formula is C9H8ClF2NO2. The molecule has 0 saturated carbocycles. The van der Waals surface area contributed by atoms with Crippen molar-refractivity contribution in [2.45, 2.75) is 6.43 Å². The van der Waals surface area contributed by atoms with Crippen molar-refractivity contribution in [2.75, 3.05) is 11.9 Å². The smallest absolute Gasteiger partial charge is 0.322 e. The third-order valence-electron chi connectivity index (χ3n) is 1.68. The minimum atomic E-state index is -2.59. The minimum Gasteiger partial charge on any atom is -0.480 e. The molecule has 0 radical (unpaired) electrons. The van der Waals surface area contributed by atoms with Gasteiger partial charge in [-0.15, -0.1) is 0 Å². The maximum atomic E-state index is 12.2. The highest BCUT2D eigenvalue weighted by Gasteiger charge is 2.09. The summed E-state index contributed by atoms with van der Waals surface area (Å²) in [6.45, 7) is -0.312. The second-order valence-corrected chi connectivity index (χ2v) is 3.19. The van der Waals surface area contributed by atoms with Gasteiger partial charge in [0.1, 0.15) is 6.54 Å². The van der Waals surface area contributed by atoms with Gasteiger partial charge in [0, 0.05) is 5.56 Å². The van der Waals surface area contributed by atoms with Crippen molar-refractivity contribution >= 4 is 23.3 Å². The van der Waals surface area contributed by atoms with E-state index in [2.05, 4.69) is 5.32 Å². The van der Waals surface area contributed by atoms with E-state index in [0.717, 1.165) is 6.07 Å². The SMILES string of the molecule is O=C(O)CNc1ccc(C(F)F)cc1Cl. The highest BCUT2D eigenvalue weighted by molar-refractivity contribution is 6.33. The van der Waals surface area contributed by atoms with Crippen LogP contribution in [0, 0.1) is 0 Å². The Morgan fingerprint density at radius 3 is 2.67 bits per heavy atom. The van der Waals surface area contributed by atoms with Gasteiger partial charge in [-0.1, -0.05) is 17.7 Å². The largest absolute Gasteiger partial charge is 0.480 e. The first-order valence-electron chi connectivity index (χ1n) is 4.04. The van der Waals surface area contributed by atoms with Crippen molar-refractivity contribution in [3.05, 3.63) is 28.8 Å². The maximum Gasteiger partial charge on any atom is 0.322 e. The van der Waals surface area contributed by atoms with E-state index < -0.39 is 12.4 Å². The van der Waals surface area contributed by atoms with E-state index >= 15 is 0 Å². The minimum absolute atomic E-state index is 0.0778. The summed E-state index contributed by atoms with van der Waals surface area (Å²) in [6, 6.07) is 3.63. The van der Waals surface area contributed by atoms with E-state index in [4.69, 9.17) is 16.7 Å². The molecule has 1 rings (SSSR count). The molecule has 2 N–H and O–H groups in total. The molecule has 82 valence electrons. The fourth-order valence-electron chi connectivity index (χ4n) is 0.981. The Hall–Kier alpha value is -1.36. The summed E-state index contributed by atoms with van der Waals surface area (Å²) in [5.41, 5.74) is 0.129. The molecule has 0 atom stereocenters. The molecule has 15 heavy (non-hydrogen) atoms. The van der Waals surface area contributed by atoms with E-state index in [-0.39, 0.29) is 17.1 Å². The van der Waals surface area contributed by atoms with Crippen LogP contribution in [-0.2, 0) is 4.79 Å². The van der Waals surface area contributed by atoms with Gasteiger partial charge in [0.2, 0.25) is 0 Å². The van der Waals surface area contributed by atoms with Crippen LogP contribution in [0.5, 0.6) is 0 Å². The van der Waals surface area contributed by atoms with Crippen molar-refractivity contribution in [1.82, 2.24) is 0 Å². The lowest BCUT2D eigenvalue weighted by Crippen LogP contribution is -2.12. The zero-order valence-electron chi connectivity index (χ0n) is 7.51. The lowest BCUT2D eigenvalue weighted by atomic mass is 10.2. The number of halogens is 3. The van der Waals surface area contributed by atoms with Crippen molar-refractivity contribution in [3.8, 4) is 0 Å². The van der Waals surface area contributed by atoms with E-state index in [9.17, 15) is 13.6 Å². The number of hydrogen-bond donors (Lipinski definition) is 2. The van der Waals surface area contributed by atoms with Gasteiger partial charge in [0.15, 0.2) is 0 Å². The standard InChI is InChI=1S/C9H8ClF2NO2/c10-6-3-5(9(11)12)1-2-7(6)13-4-8(14)15/h1-3,9,13H,4H2,(H,14,15). The van der Waals surface area contributed by atoms with Crippen molar-refractivity contribution in [2.24, 2.45) is 0 Å². The number of alkyl halides is 2. The molecule has 0 fully saturated rings. The van der Waals surface area contributed by atoms with Crippen LogP contribution < -0.4 is 5.32 Å². The second kappa shape index (κ2) is 4.93. The van der Waals surface area contributed by atoms with Gasteiger partial charge in [0.25, 0.3) is 6.43 Å².